The second kappa shape index (κ2) is 7.65. The van der Waals surface area contributed by atoms with Crippen LogP contribution in [0.2, 0.25) is 0 Å². The fourth-order valence-electron chi connectivity index (χ4n) is 3.13. The van der Waals surface area contributed by atoms with Crippen molar-refractivity contribution in [2.45, 2.75) is 20.0 Å². The van der Waals surface area contributed by atoms with Gasteiger partial charge in [0.15, 0.2) is 0 Å². The molecule has 0 saturated carbocycles. The van der Waals surface area contributed by atoms with Crippen LogP contribution in [-0.2, 0) is 17.8 Å². The number of nitrogens with zero attached hydrogens (tertiary/aromatic N) is 3. The fraction of sp³-hybridized carbons (Fsp3) is 0.444. The SMILES string of the molecule is CCc1c(COC)nc(N2CCN(c3ccc(F)cc3)CC2)[nH]c1=O. The molecule has 2 aromatic rings. The maximum absolute atomic E-state index is 13.1. The quantitative estimate of drug-likeness (QED) is 0.897. The van der Waals surface area contributed by atoms with E-state index in [1.165, 1.54) is 12.1 Å². The number of H-pyrrole nitrogens is 1. The number of aromatic nitrogens is 2. The number of piperazine rings is 1. The Kier molecular flexibility index (Phi) is 5.33. The van der Waals surface area contributed by atoms with Crippen LogP contribution in [0.4, 0.5) is 16.0 Å². The molecule has 0 spiro atoms. The van der Waals surface area contributed by atoms with Crippen LogP contribution < -0.4 is 15.4 Å². The summed E-state index contributed by atoms with van der Waals surface area (Å²) >= 11 is 0. The average Bonchev–Trinajstić information content (AvgIpc) is 2.62. The molecule has 0 atom stereocenters. The van der Waals surface area contributed by atoms with Gasteiger partial charge in [-0.3, -0.25) is 9.78 Å². The lowest BCUT2D eigenvalue weighted by atomic mass is 10.2. The molecule has 1 aromatic carbocycles. The van der Waals surface area contributed by atoms with Crippen molar-refractivity contribution in [1.82, 2.24) is 9.97 Å². The lowest BCUT2D eigenvalue weighted by molar-refractivity contribution is 0.180. The van der Waals surface area contributed by atoms with Gasteiger partial charge in [-0.05, 0) is 30.7 Å². The van der Waals surface area contributed by atoms with Gasteiger partial charge in [-0.25, -0.2) is 9.37 Å². The van der Waals surface area contributed by atoms with Crippen LogP contribution in [0.3, 0.4) is 0 Å². The van der Waals surface area contributed by atoms with E-state index in [1.54, 1.807) is 19.2 Å². The molecular weight excluding hydrogens is 323 g/mol. The fourth-order valence-corrected chi connectivity index (χ4v) is 3.13. The normalized spacial score (nSPS) is 14.8. The third-order valence-corrected chi connectivity index (χ3v) is 4.49. The summed E-state index contributed by atoms with van der Waals surface area (Å²) in [6, 6.07) is 6.53. The molecule has 1 aromatic heterocycles. The number of halogens is 1. The Morgan fingerprint density at radius 2 is 1.80 bits per heavy atom. The highest BCUT2D eigenvalue weighted by molar-refractivity contribution is 5.48. The van der Waals surface area contributed by atoms with E-state index in [-0.39, 0.29) is 11.4 Å². The van der Waals surface area contributed by atoms with Gasteiger partial charge in [-0.1, -0.05) is 6.92 Å². The van der Waals surface area contributed by atoms with Crippen molar-refractivity contribution >= 4 is 11.6 Å². The Morgan fingerprint density at radius 1 is 1.16 bits per heavy atom. The van der Waals surface area contributed by atoms with Gasteiger partial charge in [-0.15, -0.1) is 0 Å². The molecule has 3 rings (SSSR count). The smallest absolute Gasteiger partial charge is 0.255 e. The van der Waals surface area contributed by atoms with E-state index in [4.69, 9.17) is 4.74 Å². The predicted octanol–water partition coefficient (Wildman–Crippen LogP) is 1.94. The van der Waals surface area contributed by atoms with Crippen molar-refractivity contribution in [3.63, 3.8) is 0 Å². The molecule has 7 heteroatoms. The summed E-state index contributed by atoms with van der Waals surface area (Å²) in [6.45, 7) is 5.30. The van der Waals surface area contributed by atoms with Gasteiger partial charge in [0.25, 0.3) is 5.56 Å². The van der Waals surface area contributed by atoms with E-state index < -0.39 is 0 Å². The molecule has 0 aliphatic carbocycles. The van der Waals surface area contributed by atoms with E-state index >= 15 is 0 Å². The molecule has 25 heavy (non-hydrogen) atoms. The summed E-state index contributed by atoms with van der Waals surface area (Å²) in [5.74, 6) is 0.360. The van der Waals surface area contributed by atoms with Crippen LogP contribution in [0.1, 0.15) is 18.2 Å². The van der Waals surface area contributed by atoms with E-state index in [1.807, 2.05) is 6.92 Å². The van der Waals surface area contributed by atoms with E-state index in [9.17, 15) is 9.18 Å². The first kappa shape index (κ1) is 17.4. The summed E-state index contributed by atoms with van der Waals surface area (Å²) in [5, 5.41) is 0. The Labute approximate surface area is 146 Å². The van der Waals surface area contributed by atoms with Crippen molar-refractivity contribution in [1.29, 1.82) is 0 Å². The molecule has 1 saturated heterocycles. The van der Waals surface area contributed by atoms with Gasteiger partial charge >= 0.3 is 0 Å². The molecule has 0 radical (unpaired) electrons. The monoisotopic (exact) mass is 346 g/mol. The Hall–Kier alpha value is -2.41. The summed E-state index contributed by atoms with van der Waals surface area (Å²) in [5.41, 5.74) is 2.28. The van der Waals surface area contributed by atoms with Crippen LogP contribution >= 0.6 is 0 Å². The lowest BCUT2D eigenvalue weighted by Crippen LogP contribution is -2.47. The standard InChI is InChI=1S/C18H23FN4O2/c1-3-15-16(12-25-2)20-18(21-17(15)24)23-10-8-22(9-11-23)14-6-4-13(19)5-7-14/h4-7H,3,8-12H2,1-2H3,(H,20,21,24). The maximum Gasteiger partial charge on any atom is 0.255 e. The molecule has 6 nitrogen and oxygen atoms in total. The van der Waals surface area contributed by atoms with Crippen LogP contribution in [-0.4, -0.2) is 43.3 Å². The van der Waals surface area contributed by atoms with Crippen molar-refractivity contribution in [3.8, 4) is 0 Å². The van der Waals surface area contributed by atoms with Crippen molar-refractivity contribution in [2.24, 2.45) is 0 Å². The minimum atomic E-state index is -0.231. The molecule has 1 aliphatic heterocycles. The van der Waals surface area contributed by atoms with Crippen molar-refractivity contribution < 1.29 is 9.13 Å². The first-order valence-electron chi connectivity index (χ1n) is 8.48. The molecule has 1 N–H and O–H groups in total. The highest BCUT2D eigenvalue weighted by atomic mass is 19.1. The minimum Gasteiger partial charge on any atom is -0.378 e. The van der Waals surface area contributed by atoms with Gasteiger partial charge in [-0.2, -0.15) is 0 Å². The first-order valence-corrected chi connectivity index (χ1v) is 8.48. The number of rotatable bonds is 5. The zero-order chi connectivity index (χ0) is 17.8. The first-order chi connectivity index (χ1) is 12.1. The largest absolute Gasteiger partial charge is 0.378 e. The summed E-state index contributed by atoms with van der Waals surface area (Å²) < 4.78 is 18.2. The van der Waals surface area contributed by atoms with Crippen LogP contribution in [0.15, 0.2) is 29.1 Å². The van der Waals surface area contributed by atoms with E-state index in [0.717, 1.165) is 31.9 Å². The second-order valence-electron chi connectivity index (χ2n) is 6.05. The van der Waals surface area contributed by atoms with Crippen LogP contribution in [0, 0.1) is 5.82 Å². The van der Waals surface area contributed by atoms with Crippen LogP contribution in [0.25, 0.3) is 0 Å². The number of ether oxygens (including phenoxy) is 1. The Bertz CT molecular complexity index is 768. The van der Waals surface area contributed by atoms with Crippen molar-refractivity contribution in [2.75, 3.05) is 43.1 Å². The summed E-state index contributed by atoms with van der Waals surface area (Å²) in [6.07, 6.45) is 0.625. The van der Waals surface area contributed by atoms with E-state index in [2.05, 4.69) is 19.8 Å². The zero-order valence-corrected chi connectivity index (χ0v) is 14.6. The third kappa shape index (κ3) is 3.82. The molecule has 2 heterocycles. The Morgan fingerprint density at radius 3 is 2.40 bits per heavy atom. The van der Waals surface area contributed by atoms with Gasteiger partial charge < -0.3 is 14.5 Å². The highest BCUT2D eigenvalue weighted by Crippen LogP contribution is 2.19. The van der Waals surface area contributed by atoms with Gasteiger partial charge in [0.2, 0.25) is 5.95 Å². The molecule has 134 valence electrons. The second-order valence-corrected chi connectivity index (χ2v) is 6.05. The molecule has 0 bridgehead atoms. The molecule has 1 fully saturated rings. The van der Waals surface area contributed by atoms with Gasteiger partial charge in [0.1, 0.15) is 5.82 Å². The lowest BCUT2D eigenvalue weighted by Gasteiger charge is -2.36. The molecule has 1 aliphatic rings. The number of hydrogen-bond donors (Lipinski definition) is 1. The van der Waals surface area contributed by atoms with Gasteiger partial charge in [0.05, 0.1) is 12.3 Å². The van der Waals surface area contributed by atoms with Gasteiger partial charge in [0, 0.05) is 44.5 Å². The molecular formula is C18H23FN4O2. The predicted molar refractivity (Wildman–Crippen MR) is 95.8 cm³/mol. The zero-order valence-electron chi connectivity index (χ0n) is 14.6. The van der Waals surface area contributed by atoms with E-state index in [0.29, 0.717) is 30.2 Å². The van der Waals surface area contributed by atoms with Crippen LogP contribution in [0.5, 0.6) is 0 Å². The third-order valence-electron chi connectivity index (χ3n) is 4.49. The number of methoxy groups -OCH3 is 1. The van der Waals surface area contributed by atoms with Crippen molar-refractivity contribution in [3.05, 3.63) is 51.7 Å². The number of benzene rings is 1. The summed E-state index contributed by atoms with van der Waals surface area (Å²) in [7, 11) is 1.60. The maximum atomic E-state index is 13.1. The number of aromatic amines is 1. The topological polar surface area (TPSA) is 61.5 Å². The highest BCUT2D eigenvalue weighted by Gasteiger charge is 2.20. The molecule has 0 unspecified atom stereocenters. The average molecular weight is 346 g/mol. The Balaban J connectivity index is 1.74. The molecule has 0 amide bonds. The minimum absolute atomic E-state index is 0.0967. The number of anilines is 2. The summed E-state index contributed by atoms with van der Waals surface area (Å²) in [4.78, 5) is 24.1. The number of nitrogens with one attached hydrogen (secondary N) is 1. The number of hydrogen-bond acceptors (Lipinski definition) is 5.